The molecule has 16 heavy (non-hydrogen) atoms. The summed E-state index contributed by atoms with van der Waals surface area (Å²) in [7, 11) is 1.55. The second-order valence-electron chi connectivity index (χ2n) is 4.11. The van der Waals surface area contributed by atoms with Crippen molar-refractivity contribution in [3.8, 4) is 5.75 Å². The van der Waals surface area contributed by atoms with E-state index in [1.54, 1.807) is 13.2 Å². The van der Waals surface area contributed by atoms with E-state index >= 15 is 0 Å². The minimum Gasteiger partial charge on any atom is -0.496 e. The van der Waals surface area contributed by atoms with Crippen molar-refractivity contribution in [3.63, 3.8) is 0 Å². The molecular formula is C12H14O4. The number of hydrogen-bond acceptors (Lipinski definition) is 3. The van der Waals surface area contributed by atoms with E-state index in [-0.39, 0.29) is 12.8 Å². The first-order valence-corrected chi connectivity index (χ1v) is 5.17. The molecule has 1 aliphatic carbocycles. The molecule has 0 amide bonds. The van der Waals surface area contributed by atoms with Crippen molar-refractivity contribution in [2.75, 3.05) is 7.11 Å². The van der Waals surface area contributed by atoms with E-state index in [0.717, 1.165) is 11.1 Å². The van der Waals surface area contributed by atoms with E-state index in [1.807, 2.05) is 12.1 Å². The number of carbonyl (C=O) groups is 1. The molecule has 0 aliphatic heterocycles. The zero-order valence-corrected chi connectivity index (χ0v) is 9.06. The molecule has 1 aromatic rings. The van der Waals surface area contributed by atoms with Crippen LogP contribution in [0.2, 0.25) is 0 Å². The van der Waals surface area contributed by atoms with Gasteiger partial charge in [0.15, 0.2) is 5.60 Å². The smallest absolute Gasteiger partial charge is 0.336 e. The van der Waals surface area contributed by atoms with Gasteiger partial charge in [0.1, 0.15) is 5.75 Å². The number of hydrogen-bond donors (Lipinski definition) is 2. The van der Waals surface area contributed by atoms with Crippen molar-refractivity contribution >= 4 is 5.97 Å². The highest BCUT2D eigenvalue weighted by Crippen LogP contribution is 2.34. The number of ether oxygens (including phenoxy) is 1. The molecule has 1 aromatic carbocycles. The molecule has 2 rings (SSSR count). The molecular weight excluding hydrogens is 208 g/mol. The van der Waals surface area contributed by atoms with Crippen LogP contribution >= 0.6 is 0 Å². The monoisotopic (exact) mass is 222 g/mol. The second-order valence-corrected chi connectivity index (χ2v) is 4.11. The molecule has 0 saturated carbocycles. The number of aliphatic carboxylic acids is 1. The fourth-order valence-corrected chi connectivity index (χ4v) is 2.14. The zero-order chi connectivity index (χ0) is 11.8. The van der Waals surface area contributed by atoms with E-state index in [9.17, 15) is 9.90 Å². The number of rotatable bonds is 2. The Morgan fingerprint density at radius 2 is 2.25 bits per heavy atom. The zero-order valence-electron chi connectivity index (χ0n) is 9.06. The predicted octanol–water partition coefficient (Wildman–Crippen LogP) is 1.000. The highest BCUT2D eigenvalue weighted by Gasteiger charge is 2.40. The van der Waals surface area contributed by atoms with Crippen molar-refractivity contribution in [3.05, 3.63) is 29.3 Å². The molecule has 0 saturated heterocycles. The van der Waals surface area contributed by atoms with Gasteiger partial charge >= 0.3 is 5.97 Å². The predicted molar refractivity (Wildman–Crippen MR) is 57.6 cm³/mol. The van der Waals surface area contributed by atoms with Crippen molar-refractivity contribution in [2.45, 2.75) is 24.9 Å². The Labute approximate surface area is 93.5 Å². The van der Waals surface area contributed by atoms with Crippen LogP contribution < -0.4 is 4.74 Å². The van der Waals surface area contributed by atoms with Gasteiger partial charge in [0.2, 0.25) is 0 Å². The highest BCUT2D eigenvalue weighted by atomic mass is 16.5. The lowest BCUT2D eigenvalue weighted by molar-refractivity contribution is -0.159. The number of aryl methyl sites for hydroxylation is 1. The summed E-state index contributed by atoms with van der Waals surface area (Å²) >= 11 is 0. The molecule has 0 bridgehead atoms. The van der Waals surface area contributed by atoms with Crippen LogP contribution in [0, 0.1) is 0 Å². The van der Waals surface area contributed by atoms with Gasteiger partial charge < -0.3 is 14.9 Å². The first-order chi connectivity index (χ1) is 7.57. The summed E-state index contributed by atoms with van der Waals surface area (Å²) in [6.07, 6.45) is 0.930. The first kappa shape index (κ1) is 11.0. The molecule has 4 nitrogen and oxygen atoms in total. The fourth-order valence-electron chi connectivity index (χ4n) is 2.14. The summed E-state index contributed by atoms with van der Waals surface area (Å²) in [5, 5.41) is 19.0. The summed E-state index contributed by atoms with van der Waals surface area (Å²) in [6.45, 7) is 0. The SMILES string of the molecule is COc1cccc2c1CC(O)(C(=O)O)CC2. The Morgan fingerprint density at radius 1 is 1.50 bits per heavy atom. The Bertz CT molecular complexity index is 413. The van der Waals surface area contributed by atoms with Crippen LogP contribution in [0.5, 0.6) is 5.75 Å². The highest BCUT2D eigenvalue weighted by molar-refractivity contribution is 5.78. The lowest BCUT2D eigenvalue weighted by atomic mass is 9.80. The fraction of sp³-hybridized carbons (Fsp3) is 0.417. The van der Waals surface area contributed by atoms with Crippen molar-refractivity contribution in [1.82, 2.24) is 0 Å². The summed E-state index contributed by atoms with van der Waals surface area (Å²) in [5.74, 6) is -0.513. The number of carboxylic acid groups (broad SMARTS) is 1. The van der Waals surface area contributed by atoms with E-state index in [4.69, 9.17) is 9.84 Å². The number of methoxy groups -OCH3 is 1. The Hall–Kier alpha value is -1.55. The van der Waals surface area contributed by atoms with Gasteiger partial charge in [-0.2, -0.15) is 0 Å². The summed E-state index contributed by atoms with van der Waals surface area (Å²) in [5.41, 5.74) is 0.216. The van der Waals surface area contributed by atoms with E-state index in [2.05, 4.69) is 0 Å². The normalized spacial score (nSPS) is 23.6. The molecule has 0 aromatic heterocycles. The summed E-state index contributed by atoms with van der Waals surface area (Å²) in [4.78, 5) is 11.0. The maximum atomic E-state index is 11.0. The van der Waals surface area contributed by atoms with Crippen LogP contribution in [0.1, 0.15) is 17.5 Å². The Morgan fingerprint density at radius 3 is 2.88 bits per heavy atom. The molecule has 0 radical (unpaired) electrons. The third-order valence-electron chi connectivity index (χ3n) is 3.13. The standard InChI is InChI=1S/C12H14O4/c1-16-10-4-2-3-8-5-6-12(15,11(13)14)7-9(8)10/h2-4,15H,5-7H2,1H3,(H,13,14). The molecule has 0 heterocycles. The van der Waals surface area contributed by atoms with Crippen LogP contribution in [0.25, 0.3) is 0 Å². The topological polar surface area (TPSA) is 66.8 Å². The largest absolute Gasteiger partial charge is 0.496 e. The van der Waals surface area contributed by atoms with Crippen LogP contribution in [0.3, 0.4) is 0 Å². The maximum Gasteiger partial charge on any atom is 0.336 e. The van der Waals surface area contributed by atoms with Gasteiger partial charge in [-0.15, -0.1) is 0 Å². The van der Waals surface area contributed by atoms with Gasteiger partial charge in [0.05, 0.1) is 7.11 Å². The molecule has 1 aliphatic rings. The lowest BCUT2D eigenvalue weighted by Gasteiger charge is -2.30. The molecule has 0 spiro atoms. The van der Waals surface area contributed by atoms with Crippen molar-refractivity contribution < 1.29 is 19.7 Å². The van der Waals surface area contributed by atoms with Crippen LogP contribution in [0.4, 0.5) is 0 Å². The first-order valence-electron chi connectivity index (χ1n) is 5.17. The van der Waals surface area contributed by atoms with Gasteiger partial charge in [-0.1, -0.05) is 12.1 Å². The van der Waals surface area contributed by atoms with Crippen molar-refractivity contribution in [2.24, 2.45) is 0 Å². The average molecular weight is 222 g/mol. The third-order valence-corrected chi connectivity index (χ3v) is 3.13. The lowest BCUT2D eigenvalue weighted by Crippen LogP contribution is -2.43. The van der Waals surface area contributed by atoms with Crippen LogP contribution in [0.15, 0.2) is 18.2 Å². The van der Waals surface area contributed by atoms with Gasteiger partial charge in [0, 0.05) is 12.0 Å². The number of benzene rings is 1. The molecule has 4 heteroatoms. The van der Waals surface area contributed by atoms with Crippen LogP contribution in [-0.4, -0.2) is 28.9 Å². The molecule has 1 atom stereocenters. The van der Waals surface area contributed by atoms with Crippen LogP contribution in [-0.2, 0) is 17.6 Å². The number of fused-ring (bicyclic) bond motifs is 1. The van der Waals surface area contributed by atoms with E-state index in [1.165, 1.54) is 0 Å². The minimum absolute atomic E-state index is 0.113. The van der Waals surface area contributed by atoms with E-state index in [0.29, 0.717) is 12.2 Å². The molecule has 0 fully saturated rings. The van der Waals surface area contributed by atoms with E-state index < -0.39 is 11.6 Å². The summed E-state index contributed by atoms with van der Waals surface area (Å²) in [6, 6.07) is 5.61. The summed E-state index contributed by atoms with van der Waals surface area (Å²) < 4.78 is 5.18. The van der Waals surface area contributed by atoms with Gasteiger partial charge in [0.25, 0.3) is 0 Å². The van der Waals surface area contributed by atoms with Gasteiger partial charge in [-0.05, 0) is 24.5 Å². The maximum absolute atomic E-state index is 11.0. The molecule has 86 valence electrons. The average Bonchev–Trinajstić information content (AvgIpc) is 2.28. The number of carboxylic acids is 1. The third kappa shape index (κ3) is 1.65. The van der Waals surface area contributed by atoms with Gasteiger partial charge in [-0.25, -0.2) is 4.79 Å². The Balaban J connectivity index is 2.42. The quantitative estimate of drug-likeness (QED) is 0.783. The minimum atomic E-state index is -1.65. The van der Waals surface area contributed by atoms with Gasteiger partial charge in [-0.3, -0.25) is 0 Å². The number of aliphatic hydroxyl groups is 1. The molecule has 2 N–H and O–H groups in total. The van der Waals surface area contributed by atoms with Crippen molar-refractivity contribution in [1.29, 1.82) is 0 Å². The second kappa shape index (κ2) is 3.79. The Kier molecular flexibility index (Phi) is 2.59. The molecule has 1 unspecified atom stereocenters.